The maximum atomic E-state index is 13.2. The van der Waals surface area contributed by atoms with Crippen LogP contribution in [0.15, 0.2) is 55.0 Å². The number of amides is 1. The van der Waals surface area contributed by atoms with E-state index in [2.05, 4.69) is 20.5 Å². The highest BCUT2D eigenvalue weighted by molar-refractivity contribution is 6.32. The van der Waals surface area contributed by atoms with Crippen molar-refractivity contribution in [2.24, 2.45) is 0 Å². The van der Waals surface area contributed by atoms with Crippen molar-refractivity contribution in [3.63, 3.8) is 0 Å². The SMILES string of the molecule is O=C(Nc1ncn(Cc2ccc(F)cc2Cl)n1)c1ccn(COc2ccc([N+](=O)[O-])cc2Cl)n1. The number of non-ortho nitro benzene ring substituents is 1. The first-order valence-electron chi connectivity index (χ1n) is 9.53. The molecule has 0 aliphatic rings. The molecule has 11 nitrogen and oxygen atoms in total. The summed E-state index contributed by atoms with van der Waals surface area (Å²) in [7, 11) is 0. The van der Waals surface area contributed by atoms with Gasteiger partial charge < -0.3 is 4.74 Å². The second kappa shape index (κ2) is 9.85. The molecule has 0 aliphatic heterocycles. The molecule has 0 bridgehead atoms. The lowest BCUT2D eigenvalue weighted by Gasteiger charge is -2.07. The number of nitrogens with zero attached hydrogens (tertiary/aromatic N) is 6. The summed E-state index contributed by atoms with van der Waals surface area (Å²) in [5, 5.41) is 21.9. The molecule has 0 saturated carbocycles. The molecule has 0 fully saturated rings. The molecule has 174 valence electrons. The molecular formula is C20H14Cl2FN7O4. The maximum Gasteiger partial charge on any atom is 0.278 e. The Bertz CT molecular complexity index is 1370. The van der Waals surface area contributed by atoms with Gasteiger partial charge in [-0.2, -0.15) is 5.10 Å². The van der Waals surface area contributed by atoms with Gasteiger partial charge in [-0.15, -0.1) is 5.10 Å². The monoisotopic (exact) mass is 505 g/mol. The highest BCUT2D eigenvalue weighted by Crippen LogP contribution is 2.28. The summed E-state index contributed by atoms with van der Waals surface area (Å²) in [5.41, 5.74) is 0.557. The fourth-order valence-corrected chi connectivity index (χ4v) is 3.29. The van der Waals surface area contributed by atoms with Crippen LogP contribution >= 0.6 is 23.2 Å². The first-order valence-corrected chi connectivity index (χ1v) is 10.3. The molecule has 34 heavy (non-hydrogen) atoms. The first-order chi connectivity index (χ1) is 16.3. The van der Waals surface area contributed by atoms with Crippen LogP contribution < -0.4 is 10.1 Å². The van der Waals surface area contributed by atoms with Crippen molar-refractivity contribution < 1.29 is 18.8 Å². The Morgan fingerprint density at radius 1 is 1.12 bits per heavy atom. The van der Waals surface area contributed by atoms with E-state index in [-0.39, 0.29) is 46.4 Å². The molecule has 1 amide bonds. The van der Waals surface area contributed by atoms with Gasteiger partial charge in [-0.3, -0.25) is 20.2 Å². The van der Waals surface area contributed by atoms with E-state index in [1.54, 1.807) is 0 Å². The maximum absolute atomic E-state index is 13.2. The van der Waals surface area contributed by atoms with Gasteiger partial charge in [0.15, 0.2) is 12.4 Å². The first kappa shape index (κ1) is 23.1. The summed E-state index contributed by atoms with van der Waals surface area (Å²) >= 11 is 12.0. The van der Waals surface area contributed by atoms with Crippen molar-refractivity contribution in [1.29, 1.82) is 0 Å². The van der Waals surface area contributed by atoms with Crippen LogP contribution in [0.25, 0.3) is 0 Å². The third-order valence-electron chi connectivity index (χ3n) is 4.46. The van der Waals surface area contributed by atoms with Crippen LogP contribution in [0, 0.1) is 15.9 Å². The lowest BCUT2D eigenvalue weighted by molar-refractivity contribution is -0.384. The predicted molar refractivity (Wildman–Crippen MR) is 119 cm³/mol. The van der Waals surface area contributed by atoms with Gasteiger partial charge in [-0.25, -0.2) is 18.7 Å². The smallest absolute Gasteiger partial charge is 0.278 e. The van der Waals surface area contributed by atoms with E-state index in [1.807, 2.05) is 0 Å². The number of carbonyl (C=O) groups is 1. The number of halogens is 3. The average Bonchev–Trinajstić information content (AvgIpc) is 3.44. The summed E-state index contributed by atoms with van der Waals surface area (Å²) < 4.78 is 21.5. The molecule has 2 heterocycles. The largest absolute Gasteiger partial charge is 0.470 e. The Kier molecular flexibility index (Phi) is 6.70. The number of hydrogen-bond acceptors (Lipinski definition) is 7. The fourth-order valence-electron chi connectivity index (χ4n) is 2.83. The molecule has 4 rings (SSSR count). The molecule has 0 saturated heterocycles. The fraction of sp³-hybridized carbons (Fsp3) is 0.100. The Morgan fingerprint density at radius 2 is 1.94 bits per heavy atom. The van der Waals surface area contributed by atoms with Gasteiger partial charge in [-0.1, -0.05) is 29.3 Å². The van der Waals surface area contributed by atoms with Crippen LogP contribution in [0.4, 0.5) is 16.0 Å². The Hall–Kier alpha value is -4.03. The summed E-state index contributed by atoms with van der Waals surface area (Å²) in [6, 6.07) is 9.30. The zero-order chi connectivity index (χ0) is 24.2. The second-order valence-electron chi connectivity index (χ2n) is 6.84. The van der Waals surface area contributed by atoms with Crippen molar-refractivity contribution in [2.45, 2.75) is 13.3 Å². The van der Waals surface area contributed by atoms with Gasteiger partial charge in [0.05, 0.1) is 16.5 Å². The molecule has 0 unspecified atom stereocenters. The van der Waals surface area contributed by atoms with Crippen molar-refractivity contribution in [3.8, 4) is 5.75 Å². The van der Waals surface area contributed by atoms with E-state index >= 15 is 0 Å². The van der Waals surface area contributed by atoms with Gasteiger partial charge in [0.1, 0.15) is 17.9 Å². The van der Waals surface area contributed by atoms with Gasteiger partial charge >= 0.3 is 0 Å². The zero-order valence-electron chi connectivity index (χ0n) is 17.1. The molecule has 2 aromatic heterocycles. The number of benzene rings is 2. The van der Waals surface area contributed by atoms with Crippen molar-refractivity contribution >= 4 is 40.7 Å². The number of aromatic nitrogens is 5. The van der Waals surface area contributed by atoms with E-state index < -0.39 is 16.6 Å². The number of nitro benzene ring substituents is 1. The molecule has 0 radical (unpaired) electrons. The van der Waals surface area contributed by atoms with Crippen molar-refractivity contribution in [2.75, 3.05) is 5.32 Å². The molecule has 14 heteroatoms. The van der Waals surface area contributed by atoms with Crippen molar-refractivity contribution in [1.82, 2.24) is 24.5 Å². The number of hydrogen-bond donors (Lipinski definition) is 1. The summed E-state index contributed by atoms with van der Waals surface area (Å²) in [5.74, 6) is -0.720. The lowest BCUT2D eigenvalue weighted by Crippen LogP contribution is -2.15. The van der Waals surface area contributed by atoms with Crippen LogP contribution in [0.2, 0.25) is 10.0 Å². The Labute approximate surface area is 200 Å². The topological polar surface area (TPSA) is 130 Å². The normalized spacial score (nSPS) is 10.8. The van der Waals surface area contributed by atoms with Crippen molar-refractivity contribution in [3.05, 3.63) is 92.2 Å². The third kappa shape index (κ3) is 5.47. The summed E-state index contributed by atoms with van der Waals surface area (Å²) in [6.45, 7) is 0.148. The molecule has 2 aromatic carbocycles. The van der Waals surface area contributed by atoms with E-state index in [1.165, 1.54) is 64.4 Å². The molecule has 0 aliphatic carbocycles. The third-order valence-corrected chi connectivity index (χ3v) is 5.11. The molecule has 4 aromatic rings. The number of nitrogens with one attached hydrogen (secondary N) is 1. The van der Waals surface area contributed by atoms with E-state index in [0.29, 0.717) is 5.56 Å². The van der Waals surface area contributed by atoms with Crippen LogP contribution in [0.5, 0.6) is 5.75 Å². The van der Waals surface area contributed by atoms with Gasteiger partial charge in [0, 0.05) is 23.4 Å². The highest BCUT2D eigenvalue weighted by Gasteiger charge is 2.14. The lowest BCUT2D eigenvalue weighted by atomic mass is 10.2. The van der Waals surface area contributed by atoms with Crippen LogP contribution in [0.3, 0.4) is 0 Å². The predicted octanol–water partition coefficient (Wildman–Crippen LogP) is 4.17. The number of carbonyl (C=O) groups excluding carboxylic acids is 1. The van der Waals surface area contributed by atoms with Crippen LogP contribution in [-0.4, -0.2) is 35.4 Å². The van der Waals surface area contributed by atoms with Crippen LogP contribution in [-0.2, 0) is 13.3 Å². The number of ether oxygens (including phenoxy) is 1. The molecule has 0 atom stereocenters. The van der Waals surface area contributed by atoms with E-state index in [4.69, 9.17) is 27.9 Å². The number of nitro groups is 1. The summed E-state index contributed by atoms with van der Waals surface area (Å²) in [6.07, 6.45) is 2.91. The minimum absolute atomic E-state index is 0.0479. The van der Waals surface area contributed by atoms with Gasteiger partial charge in [0.25, 0.3) is 11.6 Å². The Balaban J connectivity index is 1.34. The second-order valence-corrected chi connectivity index (χ2v) is 7.66. The van der Waals surface area contributed by atoms with Gasteiger partial charge in [-0.05, 0) is 29.8 Å². The molecule has 0 spiro atoms. The molecule has 1 N–H and O–H groups in total. The summed E-state index contributed by atoms with van der Waals surface area (Å²) in [4.78, 5) is 26.7. The quantitative estimate of drug-likeness (QED) is 0.281. The number of anilines is 1. The van der Waals surface area contributed by atoms with Gasteiger partial charge in [0.2, 0.25) is 5.95 Å². The van der Waals surface area contributed by atoms with E-state index in [0.717, 1.165) is 0 Å². The Morgan fingerprint density at radius 3 is 2.68 bits per heavy atom. The minimum Gasteiger partial charge on any atom is -0.470 e. The van der Waals surface area contributed by atoms with Crippen LogP contribution in [0.1, 0.15) is 16.1 Å². The average molecular weight is 506 g/mol. The molecular weight excluding hydrogens is 492 g/mol. The highest BCUT2D eigenvalue weighted by atomic mass is 35.5. The van der Waals surface area contributed by atoms with E-state index in [9.17, 15) is 19.3 Å². The zero-order valence-corrected chi connectivity index (χ0v) is 18.6. The number of rotatable bonds is 8. The minimum atomic E-state index is -0.566. The standard InChI is InChI=1S/C20H14Cl2FN7O4/c21-15-7-13(23)2-1-12(15)9-29-10-24-20(27-29)25-19(31)17-5-6-28(26-17)11-34-18-4-3-14(30(32)33)8-16(18)22/h1-8,10H,9,11H2,(H,25,27,31).